The number of hydrogen-bond donors (Lipinski definition) is 1. The fraction of sp³-hybridized carbons (Fsp3) is 0.250. The molecular weight excluding hydrogens is 276 g/mol. The Morgan fingerprint density at radius 2 is 2.06 bits per heavy atom. The monoisotopic (exact) mass is 286 g/mol. The van der Waals surface area contributed by atoms with E-state index in [4.69, 9.17) is 16.7 Å². The number of benzene rings is 1. The van der Waals surface area contributed by atoms with Gasteiger partial charge in [-0.25, -0.2) is 13.2 Å². The number of carboxylic acid groups (broad SMARTS) is 1. The molecule has 1 rings (SSSR count). The van der Waals surface area contributed by atoms with Gasteiger partial charge >= 0.3 is 5.97 Å². The molecule has 1 N–H and O–H groups in total. The van der Waals surface area contributed by atoms with E-state index >= 15 is 0 Å². The van der Waals surface area contributed by atoms with Crippen LogP contribution in [0.15, 0.2) is 17.0 Å². The minimum atomic E-state index is -3.65. The molecule has 0 aliphatic rings. The smallest absolute Gasteiger partial charge is 0.336 e. The molecule has 0 spiro atoms. The average Bonchev–Trinajstić information content (AvgIpc) is 2.28. The van der Waals surface area contributed by atoms with E-state index in [0.717, 1.165) is 0 Å². The fourth-order valence-corrected chi connectivity index (χ4v) is 3.10. The van der Waals surface area contributed by atoms with Crippen molar-refractivity contribution in [1.82, 2.24) is 0 Å². The lowest BCUT2D eigenvalue weighted by Gasteiger charge is -2.09. The largest absolute Gasteiger partial charge is 0.478 e. The number of carboxylic acids is 1. The van der Waals surface area contributed by atoms with E-state index in [2.05, 4.69) is 11.8 Å². The van der Waals surface area contributed by atoms with E-state index in [-0.39, 0.29) is 26.8 Å². The zero-order chi connectivity index (χ0) is 13.9. The molecule has 0 radical (unpaired) electrons. The molecule has 96 valence electrons. The summed E-state index contributed by atoms with van der Waals surface area (Å²) in [6.45, 7) is 2.97. The SMILES string of the molecule is CC#CCS(=O)(=O)c1cc(Cl)cc(C(=O)O)c1C. The van der Waals surface area contributed by atoms with Crippen LogP contribution in [0, 0.1) is 18.8 Å². The molecule has 0 saturated heterocycles. The first-order valence-electron chi connectivity index (χ1n) is 4.95. The van der Waals surface area contributed by atoms with Crippen molar-refractivity contribution in [2.24, 2.45) is 0 Å². The van der Waals surface area contributed by atoms with E-state index in [1.54, 1.807) is 0 Å². The Kier molecular flexibility index (Phi) is 4.38. The number of sulfone groups is 1. The zero-order valence-corrected chi connectivity index (χ0v) is 11.4. The third-order valence-electron chi connectivity index (χ3n) is 2.33. The van der Waals surface area contributed by atoms with Crippen LogP contribution < -0.4 is 0 Å². The maximum atomic E-state index is 12.0. The number of aromatic carboxylic acids is 1. The van der Waals surface area contributed by atoms with Gasteiger partial charge in [-0.2, -0.15) is 0 Å². The Hall–Kier alpha value is -1.51. The summed E-state index contributed by atoms with van der Waals surface area (Å²) in [5.41, 5.74) is 0.0512. The second kappa shape index (κ2) is 5.42. The van der Waals surface area contributed by atoms with E-state index in [0.29, 0.717) is 0 Å². The lowest BCUT2D eigenvalue weighted by atomic mass is 10.1. The molecule has 0 aromatic heterocycles. The first kappa shape index (κ1) is 14.6. The van der Waals surface area contributed by atoms with Gasteiger partial charge < -0.3 is 5.11 Å². The van der Waals surface area contributed by atoms with Gasteiger partial charge in [0.15, 0.2) is 9.84 Å². The molecule has 18 heavy (non-hydrogen) atoms. The third-order valence-corrected chi connectivity index (χ3v) is 4.17. The van der Waals surface area contributed by atoms with Gasteiger partial charge in [0.1, 0.15) is 5.75 Å². The van der Waals surface area contributed by atoms with Gasteiger partial charge in [0.25, 0.3) is 0 Å². The molecule has 0 saturated carbocycles. The van der Waals surface area contributed by atoms with Gasteiger partial charge in [0.05, 0.1) is 10.5 Å². The van der Waals surface area contributed by atoms with Crippen LogP contribution in [-0.4, -0.2) is 25.2 Å². The van der Waals surface area contributed by atoms with Gasteiger partial charge in [-0.15, -0.1) is 5.92 Å². The van der Waals surface area contributed by atoms with Crippen LogP contribution in [0.4, 0.5) is 0 Å². The lowest BCUT2D eigenvalue weighted by Crippen LogP contribution is -2.10. The summed E-state index contributed by atoms with van der Waals surface area (Å²) in [7, 11) is -3.65. The second-order valence-electron chi connectivity index (χ2n) is 3.57. The first-order valence-corrected chi connectivity index (χ1v) is 6.98. The summed E-state index contributed by atoms with van der Waals surface area (Å²) >= 11 is 5.74. The van der Waals surface area contributed by atoms with Crippen LogP contribution in [0.25, 0.3) is 0 Å². The summed E-state index contributed by atoms with van der Waals surface area (Å²) < 4.78 is 24.0. The molecule has 0 atom stereocenters. The van der Waals surface area contributed by atoms with Crippen molar-refractivity contribution >= 4 is 27.4 Å². The molecule has 0 heterocycles. The topological polar surface area (TPSA) is 71.4 Å². The number of hydrogen-bond acceptors (Lipinski definition) is 3. The Labute approximate surface area is 111 Å². The van der Waals surface area contributed by atoms with Crippen LogP contribution in [0.2, 0.25) is 5.02 Å². The quantitative estimate of drug-likeness (QED) is 0.864. The molecular formula is C12H11ClO4S. The zero-order valence-electron chi connectivity index (χ0n) is 9.82. The highest BCUT2D eigenvalue weighted by molar-refractivity contribution is 7.91. The molecule has 0 bridgehead atoms. The molecule has 4 nitrogen and oxygen atoms in total. The van der Waals surface area contributed by atoms with Gasteiger partial charge in [-0.05, 0) is 31.5 Å². The molecule has 0 unspecified atom stereocenters. The number of carbonyl (C=O) groups is 1. The predicted octanol–water partition coefficient (Wildman–Crippen LogP) is 2.14. The maximum absolute atomic E-state index is 12.0. The second-order valence-corrected chi connectivity index (χ2v) is 5.96. The van der Waals surface area contributed by atoms with Crippen molar-refractivity contribution in [2.75, 3.05) is 5.75 Å². The average molecular weight is 287 g/mol. The molecule has 0 aliphatic carbocycles. The highest BCUT2D eigenvalue weighted by Gasteiger charge is 2.21. The Balaban J connectivity index is 3.50. The number of rotatable bonds is 3. The van der Waals surface area contributed by atoms with Gasteiger partial charge in [-0.3, -0.25) is 0 Å². The molecule has 0 aliphatic heterocycles. The van der Waals surface area contributed by atoms with Crippen LogP contribution in [0.1, 0.15) is 22.8 Å². The fourth-order valence-electron chi connectivity index (χ4n) is 1.44. The normalized spacial score (nSPS) is 10.6. The molecule has 0 fully saturated rings. The Morgan fingerprint density at radius 3 is 2.56 bits per heavy atom. The highest BCUT2D eigenvalue weighted by atomic mass is 35.5. The van der Waals surface area contributed by atoms with Crippen LogP contribution in [0.3, 0.4) is 0 Å². The van der Waals surface area contributed by atoms with Crippen LogP contribution in [0.5, 0.6) is 0 Å². The molecule has 1 aromatic rings. The summed E-state index contributed by atoms with van der Waals surface area (Å²) in [5.74, 6) is 3.37. The third kappa shape index (κ3) is 3.03. The lowest BCUT2D eigenvalue weighted by molar-refractivity contribution is 0.0696. The van der Waals surface area contributed by atoms with Crippen molar-refractivity contribution in [2.45, 2.75) is 18.7 Å². The standard InChI is InChI=1S/C12H11ClO4S/c1-3-4-5-18(16,17)11-7-9(13)6-10(8(11)2)12(14)15/h6-7H,5H2,1-2H3,(H,14,15). The molecule has 6 heteroatoms. The Bertz CT molecular complexity index is 651. The molecule has 0 amide bonds. The summed E-state index contributed by atoms with van der Waals surface area (Å²) in [4.78, 5) is 10.9. The van der Waals surface area contributed by atoms with E-state index in [9.17, 15) is 13.2 Å². The summed E-state index contributed by atoms with van der Waals surface area (Å²) in [5, 5.41) is 9.05. The number of halogens is 1. The van der Waals surface area contributed by atoms with E-state index in [1.165, 1.54) is 26.0 Å². The summed E-state index contributed by atoms with van der Waals surface area (Å²) in [6, 6.07) is 2.47. The highest BCUT2D eigenvalue weighted by Crippen LogP contribution is 2.25. The van der Waals surface area contributed by atoms with Crippen molar-refractivity contribution in [3.63, 3.8) is 0 Å². The van der Waals surface area contributed by atoms with Gasteiger partial charge in [0.2, 0.25) is 0 Å². The first-order chi connectivity index (χ1) is 8.29. The van der Waals surface area contributed by atoms with Gasteiger partial charge in [0, 0.05) is 5.02 Å². The van der Waals surface area contributed by atoms with Crippen LogP contribution in [-0.2, 0) is 9.84 Å². The Morgan fingerprint density at radius 1 is 1.44 bits per heavy atom. The minimum absolute atomic E-state index is 0.0704. The van der Waals surface area contributed by atoms with Crippen molar-refractivity contribution in [1.29, 1.82) is 0 Å². The minimum Gasteiger partial charge on any atom is -0.478 e. The van der Waals surface area contributed by atoms with Crippen LogP contribution >= 0.6 is 11.6 Å². The molecule has 1 aromatic carbocycles. The van der Waals surface area contributed by atoms with Crippen molar-refractivity contribution in [3.8, 4) is 11.8 Å². The van der Waals surface area contributed by atoms with Crippen molar-refractivity contribution in [3.05, 3.63) is 28.3 Å². The maximum Gasteiger partial charge on any atom is 0.336 e. The van der Waals surface area contributed by atoms with E-state index < -0.39 is 15.8 Å². The predicted molar refractivity (Wildman–Crippen MR) is 68.7 cm³/mol. The van der Waals surface area contributed by atoms with E-state index in [1.807, 2.05) is 0 Å². The van der Waals surface area contributed by atoms with Crippen molar-refractivity contribution < 1.29 is 18.3 Å². The van der Waals surface area contributed by atoms with Gasteiger partial charge in [-0.1, -0.05) is 17.5 Å². The summed E-state index contributed by atoms with van der Waals surface area (Å²) in [6.07, 6.45) is 0.